The maximum absolute atomic E-state index is 5.50. The van der Waals surface area contributed by atoms with Crippen molar-refractivity contribution in [1.82, 2.24) is 9.78 Å². The standard InChI is InChI=1S/C11H11N3O/c1-4-13-14(6-1)9-2-3-11-10(8-9)12-5-7-15-11/h1-4,6,8,12H,5,7H2. The van der Waals surface area contributed by atoms with Crippen molar-refractivity contribution in [3.8, 4) is 11.4 Å². The summed E-state index contributed by atoms with van der Waals surface area (Å²) in [5.74, 6) is 0.914. The summed E-state index contributed by atoms with van der Waals surface area (Å²) in [6.07, 6.45) is 3.69. The highest BCUT2D eigenvalue weighted by atomic mass is 16.5. The van der Waals surface area contributed by atoms with E-state index in [1.165, 1.54) is 0 Å². The summed E-state index contributed by atoms with van der Waals surface area (Å²) in [7, 11) is 0. The van der Waals surface area contributed by atoms with E-state index in [0.717, 1.165) is 30.3 Å². The van der Waals surface area contributed by atoms with E-state index in [-0.39, 0.29) is 0 Å². The molecule has 0 unspecified atom stereocenters. The molecule has 3 rings (SSSR count). The van der Waals surface area contributed by atoms with Gasteiger partial charge in [-0.15, -0.1) is 0 Å². The lowest BCUT2D eigenvalue weighted by molar-refractivity contribution is 0.323. The fraction of sp³-hybridized carbons (Fsp3) is 0.182. The first kappa shape index (κ1) is 8.35. The Morgan fingerprint density at radius 3 is 3.27 bits per heavy atom. The Balaban J connectivity index is 2.04. The summed E-state index contributed by atoms with van der Waals surface area (Å²) in [6, 6.07) is 7.92. The number of hydrogen-bond acceptors (Lipinski definition) is 3. The molecule has 2 heterocycles. The van der Waals surface area contributed by atoms with Gasteiger partial charge in [-0.1, -0.05) is 0 Å². The predicted octanol–water partition coefficient (Wildman–Crippen LogP) is 1.68. The molecule has 1 aliphatic heterocycles. The van der Waals surface area contributed by atoms with Crippen LogP contribution < -0.4 is 10.1 Å². The van der Waals surface area contributed by atoms with Crippen LogP contribution in [0.25, 0.3) is 5.69 Å². The van der Waals surface area contributed by atoms with Crippen molar-refractivity contribution in [3.05, 3.63) is 36.7 Å². The molecular weight excluding hydrogens is 190 g/mol. The van der Waals surface area contributed by atoms with E-state index in [0.29, 0.717) is 0 Å². The molecule has 2 aromatic rings. The zero-order valence-electron chi connectivity index (χ0n) is 8.18. The SMILES string of the molecule is c1cnn(-c2ccc3c(c2)NCCO3)c1. The Labute approximate surface area is 87.5 Å². The van der Waals surface area contributed by atoms with Crippen LogP contribution in [-0.4, -0.2) is 22.9 Å². The molecule has 0 saturated carbocycles. The minimum Gasteiger partial charge on any atom is -0.490 e. The van der Waals surface area contributed by atoms with Gasteiger partial charge in [-0.05, 0) is 24.3 Å². The van der Waals surface area contributed by atoms with Crippen LogP contribution in [0.15, 0.2) is 36.7 Å². The summed E-state index contributed by atoms with van der Waals surface area (Å²) in [4.78, 5) is 0. The lowest BCUT2D eigenvalue weighted by atomic mass is 10.2. The van der Waals surface area contributed by atoms with Gasteiger partial charge in [0.15, 0.2) is 0 Å². The van der Waals surface area contributed by atoms with Crippen molar-refractivity contribution in [1.29, 1.82) is 0 Å². The number of anilines is 1. The molecule has 1 aliphatic rings. The summed E-state index contributed by atoms with van der Waals surface area (Å²) in [5, 5.41) is 7.48. The van der Waals surface area contributed by atoms with Crippen LogP contribution in [-0.2, 0) is 0 Å². The average Bonchev–Trinajstić information content (AvgIpc) is 2.82. The van der Waals surface area contributed by atoms with Gasteiger partial charge >= 0.3 is 0 Å². The summed E-state index contributed by atoms with van der Waals surface area (Å²) < 4.78 is 7.33. The Morgan fingerprint density at radius 2 is 2.40 bits per heavy atom. The molecule has 0 saturated heterocycles. The number of nitrogens with one attached hydrogen (secondary N) is 1. The first-order valence-corrected chi connectivity index (χ1v) is 4.94. The van der Waals surface area contributed by atoms with Crippen molar-refractivity contribution in [2.75, 3.05) is 18.5 Å². The molecule has 4 nitrogen and oxygen atoms in total. The third-order valence-electron chi connectivity index (χ3n) is 2.41. The molecule has 0 atom stereocenters. The fourth-order valence-corrected chi connectivity index (χ4v) is 1.69. The number of aromatic nitrogens is 2. The maximum atomic E-state index is 5.50. The van der Waals surface area contributed by atoms with Crippen molar-refractivity contribution in [2.24, 2.45) is 0 Å². The molecular formula is C11H11N3O. The van der Waals surface area contributed by atoms with E-state index < -0.39 is 0 Å². The van der Waals surface area contributed by atoms with Crippen LogP contribution in [0.1, 0.15) is 0 Å². The smallest absolute Gasteiger partial charge is 0.142 e. The molecule has 0 aliphatic carbocycles. The second-order valence-corrected chi connectivity index (χ2v) is 3.41. The van der Waals surface area contributed by atoms with E-state index in [9.17, 15) is 0 Å². The minimum atomic E-state index is 0.730. The minimum absolute atomic E-state index is 0.730. The first-order chi connectivity index (χ1) is 7.43. The molecule has 0 fully saturated rings. The highest BCUT2D eigenvalue weighted by Gasteiger charge is 2.10. The molecule has 4 heteroatoms. The van der Waals surface area contributed by atoms with Gasteiger partial charge < -0.3 is 10.1 Å². The van der Waals surface area contributed by atoms with Crippen LogP contribution in [0.2, 0.25) is 0 Å². The van der Waals surface area contributed by atoms with Gasteiger partial charge in [0.05, 0.1) is 11.4 Å². The molecule has 0 amide bonds. The van der Waals surface area contributed by atoms with Crippen LogP contribution in [0.3, 0.4) is 0 Å². The lowest BCUT2D eigenvalue weighted by Gasteiger charge is -2.19. The van der Waals surface area contributed by atoms with Crippen molar-refractivity contribution in [2.45, 2.75) is 0 Å². The highest BCUT2D eigenvalue weighted by molar-refractivity contribution is 5.62. The van der Waals surface area contributed by atoms with Gasteiger partial charge in [0.1, 0.15) is 12.4 Å². The molecule has 1 aromatic carbocycles. The van der Waals surface area contributed by atoms with E-state index in [4.69, 9.17) is 4.74 Å². The third-order valence-corrected chi connectivity index (χ3v) is 2.41. The van der Waals surface area contributed by atoms with E-state index in [1.54, 1.807) is 6.20 Å². The quantitative estimate of drug-likeness (QED) is 0.763. The Bertz CT molecular complexity index is 465. The largest absolute Gasteiger partial charge is 0.490 e. The van der Waals surface area contributed by atoms with Crippen molar-refractivity contribution in [3.63, 3.8) is 0 Å². The topological polar surface area (TPSA) is 39.1 Å². The first-order valence-electron chi connectivity index (χ1n) is 4.94. The van der Waals surface area contributed by atoms with Crippen LogP contribution in [0.4, 0.5) is 5.69 Å². The molecule has 0 bridgehead atoms. The van der Waals surface area contributed by atoms with Gasteiger partial charge in [-0.3, -0.25) is 0 Å². The Hall–Kier alpha value is -1.97. The predicted molar refractivity (Wildman–Crippen MR) is 57.5 cm³/mol. The lowest BCUT2D eigenvalue weighted by Crippen LogP contribution is -2.18. The van der Waals surface area contributed by atoms with Crippen molar-refractivity contribution >= 4 is 5.69 Å². The van der Waals surface area contributed by atoms with Gasteiger partial charge in [-0.2, -0.15) is 5.10 Å². The summed E-state index contributed by atoms with van der Waals surface area (Å²) in [5.41, 5.74) is 2.08. The normalized spacial score (nSPS) is 13.9. The molecule has 76 valence electrons. The van der Waals surface area contributed by atoms with Gasteiger partial charge in [0, 0.05) is 18.9 Å². The van der Waals surface area contributed by atoms with Crippen LogP contribution in [0, 0.1) is 0 Å². The molecule has 1 N–H and O–H groups in total. The highest BCUT2D eigenvalue weighted by Crippen LogP contribution is 2.28. The summed E-state index contributed by atoms with van der Waals surface area (Å²) in [6.45, 7) is 1.59. The fourth-order valence-electron chi connectivity index (χ4n) is 1.69. The van der Waals surface area contributed by atoms with Crippen molar-refractivity contribution < 1.29 is 4.74 Å². The van der Waals surface area contributed by atoms with E-state index >= 15 is 0 Å². The van der Waals surface area contributed by atoms with Gasteiger partial charge in [0.2, 0.25) is 0 Å². The van der Waals surface area contributed by atoms with Crippen LogP contribution >= 0.6 is 0 Å². The Morgan fingerprint density at radius 1 is 1.40 bits per heavy atom. The second kappa shape index (κ2) is 3.31. The summed E-state index contributed by atoms with van der Waals surface area (Å²) >= 11 is 0. The monoisotopic (exact) mass is 201 g/mol. The second-order valence-electron chi connectivity index (χ2n) is 3.41. The van der Waals surface area contributed by atoms with Crippen LogP contribution in [0.5, 0.6) is 5.75 Å². The third kappa shape index (κ3) is 1.44. The zero-order valence-corrected chi connectivity index (χ0v) is 8.18. The number of fused-ring (bicyclic) bond motifs is 1. The molecule has 1 aromatic heterocycles. The maximum Gasteiger partial charge on any atom is 0.142 e. The number of nitrogens with zero attached hydrogens (tertiary/aromatic N) is 2. The zero-order chi connectivity index (χ0) is 10.1. The average molecular weight is 201 g/mol. The number of ether oxygens (including phenoxy) is 1. The van der Waals surface area contributed by atoms with Gasteiger partial charge in [-0.25, -0.2) is 4.68 Å². The number of rotatable bonds is 1. The molecule has 15 heavy (non-hydrogen) atoms. The molecule has 0 spiro atoms. The van der Waals surface area contributed by atoms with Gasteiger partial charge in [0.25, 0.3) is 0 Å². The molecule has 0 radical (unpaired) electrons. The van der Waals surface area contributed by atoms with E-state index in [2.05, 4.69) is 10.4 Å². The number of benzene rings is 1. The number of hydrogen-bond donors (Lipinski definition) is 1. The Kier molecular flexibility index (Phi) is 1.84. The van der Waals surface area contributed by atoms with E-state index in [1.807, 2.05) is 35.1 Å².